The first-order valence-electron chi connectivity index (χ1n) is 8.20. The van der Waals surface area contributed by atoms with Gasteiger partial charge in [-0.1, -0.05) is 22.0 Å². The Kier molecular flexibility index (Phi) is 4.75. The molecule has 3 aromatic rings. The first-order valence-corrected chi connectivity index (χ1v) is 9.87. The molecule has 0 radical (unpaired) electrons. The van der Waals surface area contributed by atoms with Crippen LogP contribution >= 0.6 is 27.3 Å². The van der Waals surface area contributed by atoms with Crippen molar-refractivity contribution in [2.24, 2.45) is 5.73 Å². The Bertz CT molecular complexity index is 1120. The number of aromatic amines is 1. The molecule has 0 spiro atoms. The summed E-state index contributed by atoms with van der Waals surface area (Å²) in [5.41, 5.74) is 8.69. The first kappa shape index (κ1) is 18.4. The summed E-state index contributed by atoms with van der Waals surface area (Å²) >= 11 is 5.16. The van der Waals surface area contributed by atoms with E-state index in [-0.39, 0.29) is 5.88 Å². The first-order chi connectivity index (χ1) is 13.6. The highest BCUT2D eigenvalue weighted by atomic mass is 79.9. The average molecular weight is 459 g/mol. The lowest BCUT2D eigenvalue weighted by Gasteiger charge is -2.25. The molecule has 1 aromatic carbocycles. The van der Waals surface area contributed by atoms with Gasteiger partial charge in [-0.15, -0.1) is 16.4 Å². The maximum Gasteiger partial charge on any atom is 0.244 e. The Labute approximate surface area is 173 Å². The summed E-state index contributed by atoms with van der Waals surface area (Å²) in [7, 11) is 3.13. The van der Waals surface area contributed by atoms with Crippen LogP contribution in [0.3, 0.4) is 0 Å². The Hall–Kier alpha value is -2.96. The number of nitrogens with two attached hydrogens (primary N) is 1. The standard InChI is InChI=1S/C19H15BrN4O3S/c1-25-12-6-9(11(20)7-13(12)26-2)15-10(8-21)18(22)27-19-16(15)17(23-24-19)14-4-3-5-28-14/h3-7,15H,22H2,1-2H3,(H,23,24). The van der Waals surface area contributed by atoms with Crippen molar-refractivity contribution in [3.05, 3.63) is 56.7 Å². The van der Waals surface area contributed by atoms with Gasteiger partial charge in [0.1, 0.15) is 11.6 Å². The fourth-order valence-electron chi connectivity index (χ4n) is 3.26. The summed E-state index contributed by atoms with van der Waals surface area (Å²) in [5.74, 6) is 1.02. The highest BCUT2D eigenvalue weighted by Gasteiger charge is 2.37. The zero-order valence-corrected chi connectivity index (χ0v) is 17.3. The zero-order chi connectivity index (χ0) is 19.8. The van der Waals surface area contributed by atoms with Gasteiger partial charge in [0.25, 0.3) is 0 Å². The topological polar surface area (TPSA) is 106 Å². The molecule has 1 aliphatic heterocycles. The Morgan fingerprint density at radius 2 is 2.07 bits per heavy atom. The average Bonchev–Trinajstić information content (AvgIpc) is 3.36. The van der Waals surface area contributed by atoms with Crippen LogP contribution in [-0.2, 0) is 0 Å². The number of H-pyrrole nitrogens is 1. The Balaban J connectivity index is 1.99. The third-order valence-corrected chi connectivity index (χ3v) is 6.09. The van der Waals surface area contributed by atoms with Crippen LogP contribution in [0.25, 0.3) is 10.6 Å². The number of methoxy groups -OCH3 is 2. The molecule has 2 aromatic heterocycles. The second-order valence-corrected chi connectivity index (χ2v) is 7.75. The molecule has 142 valence electrons. The predicted molar refractivity (Wildman–Crippen MR) is 108 cm³/mol. The van der Waals surface area contributed by atoms with Gasteiger partial charge in [-0.2, -0.15) is 5.26 Å². The van der Waals surface area contributed by atoms with Crippen LogP contribution < -0.4 is 19.9 Å². The minimum absolute atomic E-state index is 0.0333. The minimum Gasteiger partial charge on any atom is -0.493 e. The van der Waals surface area contributed by atoms with E-state index in [4.69, 9.17) is 19.9 Å². The number of benzene rings is 1. The number of hydrogen-bond acceptors (Lipinski definition) is 7. The summed E-state index contributed by atoms with van der Waals surface area (Å²) in [6.07, 6.45) is 0. The number of thiophene rings is 1. The lowest BCUT2D eigenvalue weighted by atomic mass is 9.83. The fraction of sp³-hybridized carbons (Fsp3) is 0.158. The summed E-state index contributed by atoms with van der Waals surface area (Å²) in [6, 6.07) is 9.77. The SMILES string of the molecule is COc1cc(Br)c(C2C(C#N)=C(N)Oc3n[nH]c(-c4cccs4)c32)cc1OC. The van der Waals surface area contributed by atoms with E-state index in [1.54, 1.807) is 31.6 Å². The number of nitrogens with zero attached hydrogens (tertiary/aromatic N) is 2. The van der Waals surface area contributed by atoms with Crippen LogP contribution in [0.15, 0.2) is 45.6 Å². The van der Waals surface area contributed by atoms with E-state index in [0.717, 1.165) is 26.2 Å². The van der Waals surface area contributed by atoms with Gasteiger partial charge in [0.15, 0.2) is 11.5 Å². The number of aromatic nitrogens is 2. The van der Waals surface area contributed by atoms with Crippen molar-refractivity contribution in [3.63, 3.8) is 0 Å². The molecule has 9 heteroatoms. The smallest absolute Gasteiger partial charge is 0.244 e. The summed E-state index contributed by atoms with van der Waals surface area (Å²) in [5, 5.41) is 19.1. The number of fused-ring (bicyclic) bond motifs is 1. The molecule has 4 rings (SSSR count). The molecule has 0 saturated carbocycles. The van der Waals surface area contributed by atoms with Crippen LogP contribution in [0.1, 0.15) is 17.0 Å². The van der Waals surface area contributed by atoms with E-state index in [1.165, 1.54) is 0 Å². The molecular formula is C19H15BrN4O3S. The van der Waals surface area contributed by atoms with E-state index >= 15 is 0 Å². The molecule has 3 N–H and O–H groups in total. The van der Waals surface area contributed by atoms with Crippen molar-refractivity contribution in [1.29, 1.82) is 5.26 Å². The molecule has 0 fully saturated rings. The lowest BCUT2D eigenvalue weighted by molar-refractivity contribution is 0.353. The van der Waals surface area contributed by atoms with Crippen molar-refractivity contribution >= 4 is 27.3 Å². The molecule has 28 heavy (non-hydrogen) atoms. The second kappa shape index (κ2) is 7.22. The maximum atomic E-state index is 9.83. The van der Waals surface area contributed by atoms with Gasteiger partial charge in [-0.05, 0) is 29.1 Å². The Morgan fingerprint density at radius 3 is 2.71 bits per heavy atom. The summed E-state index contributed by atoms with van der Waals surface area (Å²) < 4.78 is 17.2. The van der Waals surface area contributed by atoms with E-state index in [9.17, 15) is 5.26 Å². The number of ether oxygens (including phenoxy) is 3. The molecule has 1 atom stereocenters. The summed E-state index contributed by atoms with van der Waals surface area (Å²) in [4.78, 5) is 0.983. The van der Waals surface area contributed by atoms with Crippen molar-refractivity contribution in [1.82, 2.24) is 10.2 Å². The van der Waals surface area contributed by atoms with Crippen LogP contribution in [-0.4, -0.2) is 24.4 Å². The van der Waals surface area contributed by atoms with Crippen molar-refractivity contribution in [3.8, 4) is 34.0 Å². The molecule has 3 heterocycles. The fourth-order valence-corrected chi connectivity index (χ4v) is 4.54. The van der Waals surface area contributed by atoms with Crippen molar-refractivity contribution in [2.45, 2.75) is 5.92 Å². The molecule has 0 bridgehead atoms. The third kappa shape index (κ3) is 2.82. The number of hydrogen-bond donors (Lipinski definition) is 2. The van der Waals surface area contributed by atoms with Crippen LogP contribution in [0.4, 0.5) is 0 Å². The van der Waals surface area contributed by atoms with Gasteiger partial charge >= 0.3 is 0 Å². The molecule has 0 saturated heterocycles. The molecular weight excluding hydrogens is 444 g/mol. The van der Waals surface area contributed by atoms with Gasteiger partial charge in [-0.3, -0.25) is 5.10 Å². The van der Waals surface area contributed by atoms with E-state index in [0.29, 0.717) is 23.0 Å². The zero-order valence-electron chi connectivity index (χ0n) is 14.9. The van der Waals surface area contributed by atoms with Gasteiger partial charge < -0.3 is 19.9 Å². The van der Waals surface area contributed by atoms with Gasteiger partial charge in [0.05, 0.1) is 36.3 Å². The van der Waals surface area contributed by atoms with Crippen molar-refractivity contribution < 1.29 is 14.2 Å². The third-order valence-electron chi connectivity index (χ3n) is 4.52. The normalized spacial score (nSPS) is 15.6. The van der Waals surface area contributed by atoms with E-state index in [2.05, 4.69) is 32.2 Å². The number of nitriles is 1. The molecule has 0 amide bonds. The maximum absolute atomic E-state index is 9.83. The van der Waals surface area contributed by atoms with Crippen LogP contribution in [0.2, 0.25) is 0 Å². The van der Waals surface area contributed by atoms with Gasteiger partial charge in [0, 0.05) is 4.47 Å². The predicted octanol–water partition coefficient (Wildman–Crippen LogP) is 4.14. The summed E-state index contributed by atoms with van der Waals surface area (Å²) in [6.45, 7) is 0. The quantitative estimate of drug-likeness (QED) is 0.608. The van der Waals surface area contributed by atoms with Crippen molar-refractivity contribution in [2.75, 3.05) is 14.2 Å². The monoisotopic (exact) mass is 458 g/mol. The molecule has 0 aliphatic carbocycles. The number of halogens is 1. The number of nitrogens with one attached hydrogen (secondary N) is 1. The largest absolute Gasteiger partial charge is 0.493 e. The second-order valence-electron chi connectivity index (χ2n) is 5.95. The highest BCUT2D eigenvalue weighted by Crippen LogP contribution is 2.49. The van der Waals surface area contributed by atoms with Crippen LogP contribution in [0, 0.1) is 11.3 Å². The van der Waals surface area contributed by atoms with Crippen LogP contribution in [0.5, 0.6) is 17.4 Å². The number of allylic oxidation sites excluding steroid dienone is 1. The van der Waals surface area contributed by atoms with E-state index in [1.807, 2.05) is 23.6 Å². The van der Waals surface area contributed by atoms with Gasteiger partial charge in [-0.25, -0.2) is 0 Å². The molecule has 1 unspecified atom stereocenters. The number of rotatable bonds is 4. The lowest BCUT2D eigenvalue weighted by Crippen LogP contribution is -2.21. The minimum atomic E-state index is -0.487. The highest BCUT2D eigenvalue weighted by molar-refractivity contribution is 9.10. The van der Waals surface area contributed by atoms with Gasteiger partial charge in [0.2, 0.25) is 11.8 Å². The Morgan fingerprint density at radius 1 is 1.32 bits per heavy atom. The van der Waals surface area contributed by atoms with E-state index < -0.39 is 5.92 Å². The molecule has 1 aliphatic rings. The molecule has 7 nitrogen and oxygen atoms in total.